The van der Waals surface area contributed by atoms with Gasteiger partial charge >= 0.3 is 0 Å². The number of rotatable bonds is 1. The van der Waals surface area contributed by atoms with E-state index in [1.165, 1.54) is 5.56 Å². The summed E-state index contributed by atoms with van der Waals surface area (Å²) in [4.78, 5) is 0. The Labute approximate surface area is 117 Å². The summed E-state index contributed by atoms with van der Waals surface area (Å²) in [5, 5.41) is 20.8. The summed E-state index contributed by atoms with van der Waals surface area (Å²) in [6, 6.07) is 11.6. The molecular formula is C16H17N3O. The van der Waals surface area contributed by atoms with Crippen molar-refractivity contribution in [2.45, 2.75) is 26.2 Å². The van der Waals surface area contributed by atoms with E-state index in [1.54, 1.807) is 6.07 Å². The van der Waals surface area contributed by atoms with Crippen molar-refractivity contribution in [3.8, 4) is 16.9 Å². The van der Waals surface area contributed by atoms with Crippen LogP contribution >= 0.6 is 0 Å². The molecule has 4 heteroatoms. The molecule has 0 fully saturated rings. The lowest BCUT2D eigenvalue weighted by Gasteiger charge is -2.20. The van der Waals surface area contributed by atoms with Crippen molar-refractivity contribution in [3.05, 3.63) is 42.0 Å². The van der Waals surface area contributed by atoms with E-state index in [0.29, 0.717) is 0 Å². The fraction of sp³-hybridized carbons (Fsp3) is 0.250. The van der Waals surface area contributed by atoms with Gasteiger partial charge in [0.15, 0.2) is 0 Å². The topological polar surface area (TPSA) is 61.8 Å². The predicted octanol–water partition coefficient (Wildman–Crippen LogP) is 3.63. The average molecular weight is 267 g/mol. The van der Waals surface area contributed by atoms with Crippen LogP contribution in [0.4, 0.5) is 0 Å². The van der Waals surface area contributed by atoms with Gasteiger partial charge in [0, 0.05) is 5.56 Å². The molecule has 0 saturated heterocycles. The van der Waals surface area contributed by atoms with E-state index in [2.05, 4.69) is 36.2 Å². The lowest BCUT2D eigenvalue weighted by atomic mass is 9.85. The van der Waals surface area contributed by atoms with Gasteiger partial charge in [-0.25, -0.2) is 0 Å². The summed E-state index contributed by atoms with van der Waals surface area (Å²) in [5.74, 6) is 0.279. The second-order valence-electron chi connectivity index (χ2n) is 6.03. The van der Waals surface area contributed by atoms with E-state index in [-0.39, 0.29) is 11.2 Å². The number of hydrogen-bond acceptors (Lipinski definition) is 3. The maximum absolute atomic E-state index is 10.1. The molecule has 1 aromatic heterocycles. The Kier molecular flexibility index (Phi) is 2.74. The second-order valence-corrected chi connectivity index (χ2v) is 6.03. The largest absolute Gasteiger partial charge is 0.507 e. The van der Waals surface area contributed by atoms with Gasteiger partial charge in [-0.15, -0.1) is 5.10 Å². The van der Waals surface area contributed by atoms with Gasteiger partial charge in [0.25, 0.3) is 0 Å². The van der Waals surface area contributed by atoms with Crippen LogP contribution in [0.15, 0.2) is 36.4 Å². The zero-order valence-electron chi connectivity index (χ0n) is 11.8. The Morgan fingerprint density at radius 3 is 2.60 bits per heavy atom. The van der Waals surface area contributed by atoms with E-state index in [4.69, 9.17) is 0 Å². The molecular weight excluding hydrogens is 250 g/mol. The van der Waals surface area contributed by atoms with Crippen molar-refractivity contribution in [2.75, 3.05) is 0 Å². The molecule has 0 bridgehead atoms. The minimum Gasteiger partial charge on any atom is -0.507 e. The van der Waals surface area contributed by atoms with Gasteiger partial charge in [-0.05, 0) is 40.8 Å². The summed E-state index contributed by atoms with van der Waals surface area (Å²) in [7, 11) is 0. The highest BCUT2D eigenvalue weighted by atomic mass is 16.3. The van der Waals surface area contributed by atoms with Crippen LogP contribution in [-0.2, 0) is 5.41 Å². The van der Waals surface area contributed by atoms with Gasteiger partial charge in [0.05, 0.1) is 5.52 Å². The molecule has 0 unspecified atom stereocenters. The van der Waals surface area contributed by atoms with Gasteiger partial charge < -0.3 is 5.11 Å². The Balaban J connectivity index is 2.17. The van der Waals surface area contributed by atoms with Crippen molar-refractivity contribution >= 4 is 11.0 Å². The average Bonchev–Trinajstić information content (AvgIpc) is 2.85. The van der Waals surface area contributed by atoms with E-state index in [9.17, 15) is 5.11 Å². The Hall–Kier alpha value is -2.36. The number of nitrogens with zero attached hydrogens (tertiary/aromatic N) is 2. The molecule has 0 atom stereocenters. The first-order valence-corrected chi connectivity index (χ1v) is 6.60. The number of H-pyrrole nitrogens is 1. The number of phenolic OH excluding ortho intramolecular Hbond substituents is 1. The lowest BCUT2D eigenvalue weighted by Crippen LogP contribution is -2.10. The second kappa shape index (κ2) is 4.34. The minimum atomic E-state index is 0.0421. The number of aromatic hydroxyl groups is 1. The monoisotopic (exact) mass is 267 g/mol. The molecule has 102 valence electrons. The highest BCUT2D eigenvalue weighted by molar-refractivity contribution is 5.82. The van der Waals surface area contributed by atoms with Crippen LogP contribution in [0.25, 0.3) is 22.2 Å². The fourth-order valence-electron chi connectivity index (χ4n) is 2.24. The number of aromatic amines is 1. The van der Waals surface area contributed by atoms with Crippen LogP contribution in [0.5, 0.6) is 5.75 Å². The van der Waals surface area contributed by atoms with Gasteiger partial charge in [-0.3, -0.25) is 5.10 Å². The highest BCUT2D eigenvalue weighted by Gasteiger charge is 2.16. The van der Waals surface area contributed by atoms with E-state index in [1.807, 2.05) is 30.3 Å². The molecule has 0 aliphatic heterocycles. The molecule has 0 aliphatic rings. The summed E-state index contributed by atoms with van der Waals surface area (Å²) < 4.78 is 0. The summed E-state index contributed by atoms with van der Waals surface area (Å²) in [6.45, 7) is 6.47. The van der Waals surface area contributed by atoms with Crippen LogP contribution in [-0.4, -0.2) is 20.5 Å². The molecule has 0 saturated carbocycles. The molecule has 0 spiro atoms. The third-order valence-electron chi connectivity index (χ3n) is 3.50. The zero-order chi connectivity index (χ0) is 14.3. The predicted molar refractivity (Wildman–Crippen MR) is 79.7 cm³/mol. The van der Waals surface area contributed by atoms with Gasteiger partial charge in [0.1, 0.15) is 11.3 Å². The van der Waals surface area contributed by atoms with Gasteiger partial charge in [0.2, 0.25) is 0 Å². The molecule has 4 nitrogen and oxygen atoms in total. The number of hydrogen-bond donors (Lipinski definition) is 2. The molecule has 2 N–H and O–H groups in total. The highest BCUT2D eigenvalue weighted by Crippen LogP contribution is 2.34. The Morgan fingerprint density at radius 2 is 1.85 bits per heavy atom. The van der Waals surface area contributed by atoms with Crippen LogP contribution in [0.3, 0.4) is 0 Å². The van der Waals surface area contributed by atoms with Crippen LogP contribution in [0.1, 0.15) is 26.3 Å². The summed E-state index contributed by atoms with van der Waals surface area (Å²) in [5.41, 5.74) is 4.67. The van der Waals surface area contributed by atoms with E-state index in [0.717, 1.165) is 22.2 Å². The molecule has 20 heavy (non-hydrogen) atoms. The summed E-state index contributed by atoms with van der Waals surface area (Å²) in [6.07, 6.45) is 0. The first-order valence-electron chi connectivity index (χ1n) is 6.60. The number of nitrogens with one attached hydrogen (secondary N) is 1. The maximum atomic E-state index is 10.1. The van der Waals surface area contributed by atoms with Crippen molar-refractivity contribution < 1.29 is 5.11 Å². The first-order chi connectivity index (χ1) is 9.45. The maximum Gasteiger partial charge on any atom is 0.123 e. The van der Waals surface area contributed by atoms with Crippen molar-refractivity contribution in [2.24, 2.45) is 0 Å². The standard InChI is InChI=1S/C16H17N3O/c1-16(2,3)11-5-7-15(20)12(9-11)10-4-6-13-14(8-10)18-19-17-13/h4-9,20H,1-3H3,(H,17,18,19). The third-order valence-corrected chi connectivity index (χ3v) is 3.50. The SMILES string of the molecule is CC(C)(C)c1ccc(O)c(-c2ccc3[nH]nnc3c2)c1. The third kappa shape index (κ3) is 2.13. The fourth-order valence-corrected chi connectivity index (χ4v) is 2.24. The molecule has 0 amide bonds. The first kappa shape index (κ1) is 12.7. The number of benzene rings is 2. The van der Waals surface area contributed by atoms with Crippen molar-refractivity contribution in [1.82, 2.24) is 15.4 Å². The molecule has 0 aliphatic carbocycles. The van der Waals surface area contributed by atoms with Crippen LogP contribution < -0.4 is 0 Å². The number of aromatic nitrogens is 3. The van der Waals surface area contributed by atoms with Crippen LogP contribution in [0, 0.1) is 0 Å². The quantitative estimate of drug-likeness (QED) is 0.707. The van der Waals surface area contributed by atoms with Gasteiger partial charge in [-0.2, -0.15) is 0 Å². The molecule has 3 aromatic rings. The normalized spacial score (nSPS) is 11.9. The molecule has 3 rings (SSSR count). The van der Waals surface area contributed by atoms with Crippen molar-refractivity contribution in [1.29, 1.82) is 0 Å². The van der Waals surface area contributed by atoms with Crippen molar-refractivity contribution in [3.63, 3.8) is 0 Å². The molecule has 2 aromatic carbocycles. The minimum absolute atomic E-state index is 0.0421. The molecule has 0 radical (unpaired) electrons. The van der Waals surface area contributed by atoms with Crippen LogP contribution in [0.2, 0.25) is 0 Å². The Bertz CT molecular complexity index is 769. The smallest absolute Gasteiger partial charge is 0.123 e. The zero-order valence-corrected chi connectivity index (χ0v) is 11.8. The Morgan fingerprint density at radius 1 is 1.05 bits per heavy atom. The number of fused-ring (bicyclic) bond motifs is 1. The van der Waals surface area contributed by atoms with E-state index < -0.39 is 0 Å². The van der Waals surface area contributed by atoms with E-state index >= 15 is 0 Å². The lowest BCUT2D eigenvalue weighted by molar-refractivity contribution is 0.476. The number of phenols is 1. The summed E-state index contributed by atoms with van der Waals surface area (Å²) >= 11 is 0. The van der Waals surface area contributed by atoms with Gasteiger partial charge in [-0.1, -0.05) is 38.1 Å². The molecule has 1 heterocycles.